The molecule has 9 heteroatoms. The highest BCUT2D eigenvalue weighted by Gasteiger charge is 2.37. The molecule has 0 aromatic heterocycles. The van der Waals surface area contributed by atoms with Crippen LogP contribution in [0.1, 0.15) is 6.42 Å². The van der Waals surface area contributed by atoms with Gasteiger partial charge in [0.15, 0.2) is 0 Å². The summed E-state index contributed by atoms with van der Waals surface area (Å²) in [5.74, 6) is -0.287. The number of carbonyl (C=O) groups excluding carboxylic acids is 1. The van der Waals surface area contributed by atoms with Gasteiger partial charge in [0.2, 0.25) is 15.9 Å². The van der Waals surface area contributed by atoms with E-state index in [-0.39, 0.29) is 18.9 Å². The number of carbonyl (C=O) groups is 1. The third-order valence-corrected chi connectivity index (χ3v) is 5.39. The number of hydrogen-bond donors (Lipinski definition) is 1. The third-order valence-electron chi connectivity index (χ3n) is 2.93. The normalized spacial score (nSPS) is 19.1. The lowest BCUT2D eigenvalue weighted by Crippen LogP contribution is -2.32. The molecule has 1 atom stereocenters. The first kappa shape index (κ1) is 15.3. The summed E-state index contributed by atoms with van der Waals surface area (Å²) in [5, 5.41) is 14.8. The first-order chi connectivity index (χ1) is 9.32. The van der Waals surface area contributed by atoms with Gasteiger partial charge in [-0.05, 0) is 45.9 Å². The van der Waals surface area contributed by atoms with Crippen LogP contribution in [0.15, 0.2) is 27.6 Å². The maximum Gasteiger partial charge on any atom is 0.228 e. The Morgan fingerprint density at radius 3 is 2.70 bits per heavy atom. The molecule has 1 aromatic carbocycles. The average Bonchev–Trinajstić information content (AvgIpc) is 2.72. The molecule has 1 aromatic rings. The van der Waals surface area contributed by atoms with Gasteiger partial charge in [-0.3, -0.25) is 4.79 Å². The summed E-state index contributed by atoms with van der Waals surface area (Å²) in [7, 11) is -3.73. The zero-order valence-electron chi connectivity index (χ0n) is 10.1. The largest absolute Gasteiger partial charge is 0.310 e. The van der Waals surface area contributed by atoms with Crippen molar-refractivity contribution in [3.63, 3.8) is 0 Å². The molecule has 1 saturated heterocycles. The van der Waals surface area contributed by atoms with Crippen molar-refractivity contribution in [2.24, 2.45) is 5.14 Å². The minimum Gasteiger partial charge on any atom is -0.310 e. The standard InChI is InChI=1S/C11H10BrN3O3S2/c12-9-3-7(19-6-13)1-2-10(9)15-5-8(4-11(15)16)20(14,17)18/h1-3,8H,4-5H2,(H2,14,17,18). The number of nitriles is 1. The molecule has 0 aliphatic carbocycles. The number of thioether (sulfide) groups is 1. The molecule has 0 spiro atoms. The van der Waals surface area contributed by atoms with E-state index in [1.807, 2.05) is 5.40 Å². The van der Waals surface area contributed by atoms with E-state index in [1.165, 1.54) is 4.90 Å². The zero-order chi connectivity index (χ0) is 14.9. The minimum atomic E-state index is -3.73. The van der Waals surface area contributed by atoms with Gasteiger partial charge in [0.1, 0.15) is 10.7 Å². The Balaban J connectivity index is 2.29. The van der Waals surface area contributed by atoms with Gasteiger partial charge in [-0.2, -0.15) is 5.26 Å². The van der Waals surface area contributed by atoms with Crippen molar-refractivity contribution in [2.75, 3.05) is 11.4 Å². The van der Waals surface area contributed by atoms with Crippen LogP contribution < -0.4 is 10.0 Å². The van der Waals surface area contributed by atoms with Gasteiger partial charge in [-0.15, -0.1) is 0 Å². The smallest absolute Gasteiger partial charge is 0.228 e. The molecular formula is C11H10BrN3O3S2. The van der Waals surface area contributed by atoms with Crippen molar-refractivity contribution in [2.45, 2.75) is 16.6 Å². The van der Waals surface area contributed by atoms with Gasteiger partial charge in [0.25, 0.3) is 0 Å². The molecule has 106 valence electrons. The average molecular weight is 376 g/mol. The maximum absolute atomic E-state index is 11.9. The Bertz CT molecular complexity index is 699. The fourth-order valence-corrected chi connectivity index (χ4v) is 3.84. The number of anilines is 1. The number of benzene rings is 1. The first-order valence-electron chi connectivity index (χ1n) is 5.50. The second-order valence-corrected chi connectivity index (χ2v) is 7.78. The van der Waals surface area contributed by atoms with Crippen molar-refractivity contribution < 1.29 is 13.2 Å². The lowest BCUT2D eigenvalue weighted by Gasteiger charge is -2.18. The number of nitrogens with two attached hydrogens (primary N) is 1. The van der Waals surface area contributed by atoms with E-state index in [2.05, 4.69) is 15.9 Å². The van der Waals surface area contributed by atoms with Crippen LogP contribution in [-0.2, 0) is 14.8 Å². The van der Waals surface area contributed by atoms with Gasteiger partial charge in [-0.25, -0.2) is 13.6 Å². The number of nitrogens with zero attached hydrogens (tertiary/aromatic N) is 2. The van der Waals surface area contributed by atoms with E-state index >= 15 is 0 Å². The van der Waals surface area contributed by atoms with Gasteiger partial charge in [-0.1, -0.05) is 0 Å². The van der Waals surface area contributed by atoms with Crippen LogP contribution in [0.25, 0.3) is 0 Å². The van der Waals surface area contributed by atoms with Gasteiger partial charge < -0.3 is 4.90 Å². The van der Waals surface area contributed by atoms with Crippen LogP contribution in [-0.4, -0.2) is 26.1 Å². The molecule has 0 bridgehead atoms. The van der Waals surface area contributed by atoms with E-state index < -0.39 is 15.3 Å². The highest BCUT2D eigenvalue weighted by molar-refractivity contribution is 9.10. The molecular weight excluding hydrogens is 366 g/mol. The summed E-state index contributed by atoms with van der Waals surface area (Å²) < 4.78 is 23.3. The number of halogens is 1. The maximum atomic E-state index is 11.9. The topological polar surface area (TPSA) is 104 Å². The van der Waals surface area contributed by atoms with Crippen LogP contribution in [0.2, 0.25) is 0 Å². The Morgan fingerprint density at radius 1 is 1.50 bits per heavy atom. The Morgan fingerprint density at radius 2 is 2.20 bits per heavy atom. The van der Waals surface area contributed by atoms with Crippen LogP contribution in [0, 0.1) is 10.7 Å². The molecule has 2 rings (SSSR count). The highest BCUT2D eigenvalue weighted by atomic mass is 79.9. The lowest BCUT2D eigenvalue weighted by molar-refractivity contribution is -0.117. The third kappa shape index (κ3) is 3.15. The summed E-state index contributed by atoms with van der Waals surface area (Å²) in [4.78, 5) is 14.0. The Hall–Kier alpha value is -1.08. The van der Waals surface area contributed by atoms with E-state index in [4.69, 9.17) is 10.4 Å². The van der Waals surface area contributed by atoms with Crippen LogP contribution in [0.5, 0.6) is 0 Å². The minimum absolute atomic E-state index is 0.0427. The molecule has 0 radical (unpaired) electrons. The van der Waals surface area contributed by atoms with Crippen molar-refractivity contribution in [1.82, 2.24) is 0 Å². The molecule has 1 amide bonds. The van der Waals surface area contributed by atoms with Crippen molar-refractivity contribution in [3.8, 4) is 5.40 Å². The number of rotatable bonds is 3. The fraction of sp³-hybridized carbons (Fsp3) is 0.273. The van der Waals surface area contributed by atoms with Crippen molar-refractivity contribution in [1.29, 1.82) is 5.26 Å². The quantitative estimate of drug-likeness (QED) is 0.635. The summed E-state index contributed by atoms with van der Waals surface area (Å²) in [6.07, 6.45) is -0.111. The van der Waals surface area contributed by atoms with Gasteiger partial charge in [0, 0.05) is 22.3 Å². The summed E-state index contributed by atoms with van der Waals surface area (Å²) in [6, 6.07) is 5.08. The highest BCUT2D eigenvalue weighted by Crippen LogP contribution is 2.33. The van der Waals surface area contributed by atoms with Crippen LogP contribution in [0.4, 0.5) is 5.69 Å². The molecule has 1 heterocycles. The van der Waals surface area contributed by atoms with Crippen LogP contribution in [0.3, 0.4) is 0 Å². The second-order valence-electron chi connectivity index (χ2n) is 4.23. The molecule has 20 heavy (non-hydrogen) atoms. The van der Waals surface area contributed by atoms with E-state index in [0.717, 1.165) is 16.7 Å². The van der Waals surface area contributed by atoms with E-state index in [9.17, 15) is 13.2 Å². The van der Waals surface area contributed by atoms with Crippen LogP contribution >= 0.6 is 27.7 Å². The number of sulfonamides is 1. The molecule has 6 nitrogen and oxygen atoms in total. The van der Waals surface area contributed by atoms with Gasteiger partial charge >= 0.3 is 0 Å². The van der Waals surface area contributed by atoms with Crippen molar-refractivity contribution >= 4 is 49.3 Å². The molecule has 0 saturated carbocycles. The van der Waals surface area contributed by atoms with Crippen molar-refractivity contribution in [3.05, 3.63) is 22.7 Å². The first-order valence-corrected chi connectivity index (χ1v) is 8.72. The Kier molecular flexibility index (Phi) is 4.39. The lowest BCUT2D eigenvalue weighted by atomic mass is 10.3. The molecule has 1 aliphatic heterocycles. The molecule has 1 unspecified atom stereocenters. The Labute approximate surface area is 129 Å². The fourth-order valence-electron chi connectivity index (χ4n) is 1.95. The second kappa shape index (κ2) is 5.73. The predicted molar refractivity (Wildman–Crippen MR) is 79.5 cm³/mol. The van der Waals surface area contributed by atoms with E-state index in [1.54, 1.807) is 18.2 Å². The number of primary sulfonamides is 1. The number of hydrogen-bond acceptors (Lipinski definition) is 5. The SMILES string of the molecule is N#CSc1ccc(N2CC(S(N)(=O)=O)CC2=O)c(Br)c1. The summed E-state index contributed by atoms with van der Waals surface area (Å²) in [5.41, 5.74) is 0.573. The molecule has 2 N–H and O–H groups in total. The molecule has 1 aliphatic rings. The number of amides is 1. The monoisotopic (exact) mass is 375 g/mol. The van der Waals surface area contributed by atoms with Gasteiger partial charge in [0.05, 0.1) is 5.69 Å². The summed E-state index contributed by atoms with van der Waals surface area (Å²) >= 11 is 4.33. The predicted octanol–water partition coefficient (Wildman–Crippen LogP) is 1.42. The molecule has 1 fully saturated rings. The summed E-state index contributed by atoms with van der Waals surface area (Å²) in [6.45, 7) is 0.0427. The number of thiocyanates is 1. The van der Waals surface area contributed by atoms with E-state index in [0.29, 0.717) is 10.2 Å². The zero-order valence-corrected chi connectivity index (χ0v) is 13.3.